The van der Waals surface area contributed by atoms with Gasteiger partial charge in [-0.1, -0.05) is 77.5 Å². The molecule has 1 aromatic heterocycles. The van der Waals surface area contributed by atoms with E-state index in [9.17, 15) is 4.79 Å². The number of hydrogen-bond donors (Lipinski definition) is 1. The van der Waals surface area contributed by atoms with Crippen LogP contribution in [0.15, 0.2) is 84.1 Å². The van der Waals surface area contributed by atoms with Gasteiger partial charge in [-0.05, 0) is 43.7 Å². The maximum Gasteiger partial charge on any atom is 0.234 e. The van der Waals surface area contributed by atoms with Gasteiger partial charge >= 0.3 is 0 Å². The zero-order valence-electron chi connectivity index (χ0n) is 17.3. The van der Waals surface area contributed by atoms with Gasteiger partial charge in [0.15, 0.2) is 5.16 Å². The smallest absolute Gasteiger partial charge is 0.234 e. The zero-order valence-corrected chi connectivity index (χ0v) is 18.9. The van der Waals surface area contributed by atoms with E-state index in [4.69, 9.17) is 11.6 Å². The van der Waals surface area contributed by atoms with Crippen molar-refractivity contribution in [1.29, 1.82) is 0 Å². The van der Waals surface area contributed by atoms with E-state index in [0.717, 1.165) is 27.7 Å². The van der Waals surface area contributed by atoms with E-state index >= 15 is 0 Å². The summed E-state index contributed by atoms with van der Waals surface area (Å²) in [5.41, 5.74) is 6.15. The van der Waals surface area contributed by atoms with Crippen molar-refractivity contribution in [1.82, 2.24) is 9.55 Å². The average molecular weight is 448 g/mol. The van der Waals surface area contributed by atoms with Crippen molar-refractivity contribution in [3.05, 3.63) is 95.1 Å². The summed E-state index contributed by atoms with van der Waals surface area (Å²) in [7, 11) is 0. The van der Waals surface area contributed by atoms with Crippen LogP contribution in [-0.4, -0.2) is 21.2 Å². The Hall–Kier alpha value is -3.02. The molecule has 6 heteroatoms. The molecule has 0 bridgehead atoms. The molecule has 0 fully saturated rings. The molecule has 1 heterocycles. The molecule has 0 aliphatic rings. The third kappa shape index (κ3) is 5.01. The minimum atomic E-state index is -0.108. The van der Waals surface area contributed by atoms with Crippen LogP contribution in [0, 0.1) is 13.8 Å². The Bertz CT molecular complexity index is 1220. The van der Waals surface area contributed by atoms with E-state index < -0.39 is 0 Å². The molecule has 4 nitrogen and oxygen atoms in total. The summed E-state index contributed by atoms with van der Waals surface area (Å²) in [6.07, 6.45) is 1.87. The first-order chi connectivity index (χ1) is 15.0. The van der Waals surface area contributed by atoms with Crippen molar-refractivity contribution in [3.8, 4) is 16.9 Å². The molecule has 31 heavy (non-hydrogen) atoms. The highest BCUT2D eigenvalue weighted by Crippen LogP contribution is 2.31. The van der Waals surface area contributed by atoms with Gasteiger partial charge < -0.3 is 5.32 Å². The number of aromatic nitrogens is 2. The molecular weight excluding hydrogens is 426 g/mol. The van der Waals surface area contributed by atoms with Crippen LogP contribution in [0.2, 0.25) is 5.02 Å². The topological polar surface area (TPSA) is 46.9 Å². The van der Waals surface area contributed by atoms with E-state index in [1.54, 1.807) is 12.1 Å². The van der Waals surface area contributed by atoms with Crippen LogP contribution in [0.5, 0.6) is 0 Å². The van der Waals surface area contributed by atoms with E-state index in [-0.39, 0.29) is 11.7 Å². The first-order valence-corrected chi connectivity index (χ1v) is 11.3. The standard InChI is InChI=1S/C25H22ClN3OS/c1-17-10-12-19(13-11-17)23-15-27-25(29(23)22-9-4-3-6-18(22)2)31-16-24(30)28-21-8-5-7-20(26)14-21/h3-15H,16H2,1-2H3,(H,28,30). The molecule has 0 radical (unpaired) electrons. The Balaban J connectivity index is 1.62. The number of carbonyl (C=O) groups is 1. The Morgan fingerprint density at radius 2 is 1.81 bits per heavy atom. The van der Waals surface area contributed by atoms with Gasteiger partial charge in [0, 0.05) is 16.3 Å². The van der Waals surface area contributed by atoms with Crippen LogP contribution < -0.4 is 5.32 Å². The van der Waals surface area contributed by atoms with Gasteiger partial charge in [-0.25, -0.2) is 4.98 Å². The van der Waals surface area contributed by atoms with Crippen molar-refractivity contribution in [3.63, 3.8) is 0 Å². The number of imidazole rings is 1. The molecule has 156 valence electrons. The molecule has 0 saturated carbocycles. The number of para-hydroxylation sites is 1. The summed E-state index contributed by atoms with van der Waals surface area (Å²) in [4.78, 5) is 17.2. The number of rotatable bonds is 6. The van der Waals surface area contributed by atoms with Gasteiger partial charge in [-0.2, -0.15) is 0 Å². The molecule has 0 saturated heterocycles. The molecule has 0 unspecified atom stereocenters. The van der Waals surface area contributed by atoms with Crippen molar-refractivity contribution >= 4 is 35.0 Å². The Morgan fingerprint density at radius 1 is 1.03 bits per heavy atom. The number of amides is 1. The zero-order chi connectivity index (χ0) is 21.8. The molecule has 0 spiro atoms. The van der Waals surface area contributed by atoms with E-state index in [0.29, 0.717) is 10.7 Å². The summed E-state index contributed by atoms with van der Waals surface area (Å²) in [5, 5.41) is 4.24. The number of aryl methyl sites for hydroxylation is 2. The number of nitrogens with one attached hydrogen (secondary N) is 1. The Morgan fingerprint density at radius 3 is 2.55 bits per heavy atom. The summed E-state index contributed by atoms with van der Waals surface area (Å²) < 4.78 is 2.12. The Labute approximate surface area is 191 Å². The summed E-state index contributed by atoms with van der Waals surface area (Å²) in [6.45, 7) is 4.15. The number of thioether (sulfide) groups is 1. The van der Waals surface area contributed by atoms with E-state index in [1.807, 2.05) is 30.5 Å². The summed E-state index contributed by atoms with van der Waals surface area (Å²) >= 11 is 7.41. The van der Waals surface area contributed by atoms with Gasteiger partial charge in [-0.3, -0.25) is 9.36 Å². The summed E-state index contributed by atoms with van der Waals surface area (Å²) in [6, 6.07) is 23.7. The average Bonchev–Trinajstić information content (AvgIpc) is 3.17. The van der Waals surface area contributed by atoms with Gasteiger partial charge in [-0.15, -0.1) is 0 Å². The van der Waals surface area contributed by atoms with Crippen LogP contribution in [0.25, 0.3) is 16.9 Å². The third-order valence-electron chi connectivity index (χ3n) is 4.87. The molecule has 3 aromatic carbocycles. The number of halogens is 1. The Kier molecular flexibility index (Phi) is 6.44. The van der Waals surface area contributed by atoms with Crippen molar-refractivity contribution in [2.75, 3.05) is 11.1 Å². The van der Waals surface area contributed by atoms with Crippen LogP contribution in [-0.2, 0) is 4.79 Å². The molecule has 0 aliphatic heterocycles. The van der Waals surface area contributed by atoms with Gasteiger partial charge in [0.2, 0.25) is 5.91 Å². The van der Waals surface area contributed by atoms with Crippen LogP contribution in [0.4, 0.5) is 5.69 Å². The number of hydrogen-bond acceptors (Lipinski definition) is 3. The lowest BCUT2D eigenvalue weighted by atomic mass is 10.1. The van der Waals surface area contributed by atoms with Crippen LogP contribution in [0.1, 0.15) is 11.1 Å². The molecule has 4 aromatic rings. The minimum absolute atomic E-state index is 0.108. The normalized spacial score (nSPS) is 10.8. The maximum absolute atomic E-state index is 12.5. The number of anilines is 1. The van der Waals surface area contributed by atoms with Crippen molar-refractivity contribution < 1.29 is 4.79 Å². The second-order valence-electron chi connectivity index (χ2n) is 7.26. The van der Waals surface area contributed by atoms with Crippen LogP contribution >= 0.6 is 23.4 Å². The second-order valence-corrected chi connectivity index (χ2v) is 8.64. The lowest BCUT2D eigenvalue weighted by Gasteiger charge is -2.14. The molecule has 0 atom stereocenters. The molecular formula is C25H22ClN3OS. The van der Waals surface area contributed by atoms with Crippen LogP contribution in [0.3, 0.4) is 0 Å². The fourth-order valence-corrected chi connectivity index (χ4v) is 4.28. The number of nitrogens with zero attached hydrogens (tertiary/aromatic N) is 2. The van der Waals surface area contributed by atoms with Gasteiger partial charge in [0.1, 0.15) is 0 Å². The summed E-state index contributed by atoms with van der Waals surface area (Å²) in [5.74, 6) is 0.131. The fourth-order valence-electron chi connectivity index (χ4n) is 3.31. The predicted octanol–water partition coefficient (Wildman–Crippen LogP) is 6.54. The highest BCUT2D eigenvalue weighted by atomic mass is 35.5. The first kappa shape index (κ1) is 21.2. The molecule has 4 rings (SSSR count). The molecule has 0 aliphatic carbocycles. The number of benzene rings is 3. The lowest BCUT2D eigenvalue weighted by Crippen LogP contribution is -2.14. The van der Waals surface area contributed by atoms with E-state index in [1.165, 1.54) is 17.3 Å². The highest BCUT2D eigenvalue weighted by molar-refractivity contribution is 7.99. The first-order valence-electron chi connectivity index (χ1n) is 9.90. The fraction of sp³-hybridized carbons (Fsp3) is 0.120. The van der Waals surface area contributed by atoms with Crippen molar-refractivity contribution in [2.24, 2.45) is 0 Å². The van der Waals surface area contributed by atoms with E-state index in [2.05, 4.69) is 65.1 Å². The maximum atomic E-state index is 12.5. The quantitative estimate of drug-likeness (QED) is 0.341. The second kappa shape index (κ2) is 9.41. The predicted molar refractivity (Wildman–Crippen MR) is 129 cm³/mol. The highest BCUT2D eigenvalue weighted by Gasteiger charge is 2.17. The van der Waals surface area contributed by atoms with Crippen molar-refractivity contribution in [2.45, 2.75) is 19.0 Å². The largest absolute Gasteiger partial charge is 0.325 e. The van der Waals surface area contributed by atoms with Gasteiger partial charge in [0.05, 0.1) is 23.3 Å². The number of carbonyl (C=O) groups excluding carboxylic acids is 1. The molecule has 1 amide bonds. The molecule has 1 N–H and O–H groups in total. The van der Waals surface area contributed by atoms with Gasteiger partial charge in [0.25, 0.3) is 0 Å². The minimum Gasteiger partial charge on any atom is -0.325 e. The third-order valence-corrected chi connectivity index (χ3v) is 6.06. The monoisotopic (exact) mass is 447 g/mol. The lowest BCUT2D eigenvalue weighted by molar-refractivity contribution is -0.113. The SMILES string of the molecule is Cc1ccc(-c2cnc(SCC(=O)Nc3cccc(Cl)c3)n2-c2ccccc2C)cc1.